The zero-order valence-electron chi connectivity index (χ0n) is 31.2. The minimum Gasteiger partial charge on any atom is -0.152 e. The molecule has 0 aliphatic carbocycles. The summed E-state index contributed by atoms with van der Waals surface area (Å²) in [5.41, 5.74) is 2.10. The molecule has 0 fully saturated rings. The molecule has 0 spiro atoms. The third-order valence-electron chi connectivity index (χ3n) is 6.47. The topological polar surface area (TPSA) is 0 Å². The summed E-state index contributed by atoms with van der Waals surface area (Å²) in [4.78, 5) is 0. The van der Waals surface area contributed by atoms with E-state index in [-0.39, 0.29) is 54.8 Å². The van der Waals surface area contributed by atoms with Crippen molar-refractivity contribution in [3.63, 3.8) is 0 Å². The molecule has 6 aromatic rings. The van der Waals surface area contributed by atoms with Crippen LogP contribution in [0.15, 0.2) is 182 Å². The first-order chi connectivity index (χ1) is 27.6. The van der Waals surface area contributed by atoms with Crippen LogP contribution in [0.25, 0.3) is 0 Å². The van der Waals surface area contributed by atoms with E-state index >= 15 is 0 Å². The van der Waals surface area contributed by atoms with E-state index in [0.29, 0.717) is 0 Å². The van der Waals surface area contributed by atoms with Crippen molar-refractivity contribution < 1.29 is 89.3 Å². The first-order valence-electron chi connectivity index (χ1n) is 16.0. The Balaban J connectivity index is -0.000000680. The smallest absolute Gasteiger partial charge is 0.152 e. The van der Waals surface area contributed by atoms with E-state index in [0.717, 1.165) is 11.1 Å². The Morgan fingerprint density at radius 2 is 0.400 bits per heavy atom. The van der Waals surface area contributed by atoms with E-state index in [1.54, 1.807) is 0 Å². The summed E-state index contributed by atoms with van der Waals surface area (Å²) in [5, 5.41) is 5.75. The predicted octanol–water partition coefficient (Wildman–Crippen LogP) is 17.1. The van der Waals surface area contributed by atoms with Crippen LogP contribution in [0.5, 0.6) is 0 Å². The number of hydrogen-bond acceptors (Lipinski definition) is 0. The monoisotopic (exact) mass is 1140 g/mol. The molecule has 0 unspecified atom stereocenters. The first-order valence-corrected chi connectivity index (χ1v) is 23.7. The zero-order valence-corrected chi connectivity index (χ0v) is 39.8. The second-order valence-electron chi connectivity index (χ2n) is 10.2. The second kappa shape index (κ2) is 40.9. The summed E-state index contributed by atoms with van der Waals surface area (Å²) >= 11 is 0. The molecular weight excluding hydrogens is 1100 g/mol. The molecule has 0 aromatic heterocycles. The van der Waals surface area contributed by atoms with Crippen molar-refractivity contribution >= 4 is 72.5 Å². The number of benzene rings is 6. The quantitative estimate of drug-likeness (QED) is 0.0714. The van der Waals surface area contributed by atoms with Gasteiger partial charge >= 0.3 is 35.4 Å². The maximum absolute atomic E-state index is 9.73. The molecular formula is C40H36F12P6Rh2. The molecule has 0 N–H and O–H groups in total. The van der Waals surface area contributed by atoms with E-state index < -0.39 is 35.4 Å². The molecule has 0 saturated carbocycles. The summed E-state index contributed by atoms with van der Waals surface area (Å²) < 4.78 is 117. The average molecular weight is 1140 g/mol. The Kier molecular flexibility index (Phi) is 42.4. The second-order valence-corrected chi connectivity index (χ2v) is 16.0. The number of hydrogen-bond donors (Lipinski definition) is 0. The Bertz CT molecular complexity index is 1640. The minimum absolute atomic E-state index is 0. The van der Waals surface area contributed by atoms with Crippen LogP contribution in [0.2, 0.25) is 0 Å². The van der Waals surface area contributed by atoms with Gasteiger partial charge in [0.1, 0.15) is 0 Å². The molecule has 6 aromatic carbocycles. The van der Waals surface area contributed by atoms with Crippen LogP contribution >= 0.6 is 51.3 Å². The Morgan fingerprint density at radius 3 is 0.550 bits per heavy atom. The Morgan fingerprint density at radius 1 is 0.267 bits per heavy atom. The van der Waals surface area contributed by atoms with Crippen LogP contribution in [0, 0.1) is 11.8 Å². The molecule has 0 atom stereocenters. The SMILES string of the molecule is C(#Cc1ccccc1)c1ccccc1.CP(c1ccccc1)c1ccccc1.CP(c1ccccc1)c1ccccc1.FP(F)F.FP(F)F.FP(F)F.FP(F)F.[Rh].[Rh]. The molecule has 60 heavy (non-hydrogen) atoms. The van der Waals surface area contributed by atoms with Gasteiger partial charge in [0.2, 0.25) is 0 Å². The Hall–Kier alpha value is -2.13. The van der Waals surface area contributed by atoms with Crippen molar-refractivity contribution in [2.45, 2.75) is 0 Å². The fourth-order valence-electron chi connectivity index (χ4n) is 4.09. The summed E-state index contributed by atoms with van der Waals surface area (Å²) in [6.07, 6.45) is 0. The van der Waals surface area contributed by atoms with Gasteiger partial charge in [0.25, 0.3) is 0 Å². The first kappa shape index (κ1) is 62.2. The molecule has 20 heteroatoms. The van der Waals surface area contributed by atoms with Crippen molar-refractivity contribution in [3.05, 3.63) is 193 Å². The molecule has 0 amide bonds. The van der Waals surface area contributed by atoms with Crippen molar-refractivity contribution in [1.29, 1.82) is 0 Å². The molecule has 328 valence electrons. The maximum atomic E-state index is 9.73. The third kappa shape index (κ3) is 37.6. The average Bonchev–Trinajstić information content (AvgIpc) is 3.21. The summed E-state index contributed by atoms with van der Waals surface area (Å²) in [6, 6.07) is 62.8. The largest absolute Gasteiger partial charge is 0.456 e. The van der Waals surface area contributed by atoms with Gasteiger partial charge in [-0.3, -0.25) is 0 Å². The molecule has 0 bridgehead atoms. The standard InChI is InChI=1S/C14H10.2C13H13P.4F3P.2Rh/c1-3-7-13(8-4-1)11-12-14-9-5-2-6-10-14;2*1-14(12-8-4-2-5-9-12)13-10-6-3-7-11-13;4*1-4(2)3;;/h1-10H;2*2-11H,1H3;;;;;;. The van der Waals surface area contributed by atoms with Gasteiger partial charge in [-0.25, -0.2) is 0 Å². The van der Waals surface area contributed by atoms with Crippen LogP contribution in [-0.4, -0.2) is 13.3 Å². The molecule has 6 rings (SSSR count). The van der Waals surface area contributed by atoms with Gasteiger partial charge < -0.3 is 0 Å². The molecule has 0 nitrogen and oxygen atoms in total. The van der Waals surface area contributed by atoms with E-state index in [1.807, 2.05) is 60.7 Å². The summed E-state index contributed by atoms with van der Waals surface area (Å²) in [5.74, 6) is 6.22. The van der Waals surface area contributed by atoms with Gasteiger partial charge in [0, 0.05) is 50.1 Å². The molecule has 0 heterocycles. The number of rotatable bonds is 4. The summed E-state index contributed by atoms with van der Waals surface area (Å²) in [6.45, 7) is 4.61. The maximum Gasteiger partial charge on any atom is 0.456 e. The zero-order chi connectivity index (χ0) is 43.6. The van der Waals surface area contributed by atoms with E-state index in [1.165, 1.54) is 21.2 Å². The van der Waals surface area contributed by atoms with Crippen LogP contribution in [-0.2, 0) is 39.0 Å². The fourth-order valence-corrected chi connectivity index (χ4v) is 7.17. The van der Waals surface area contributed by atoms with Gasteiger partial charge in [0.15, 0.2) is 0 Å². The molecule has 0 aliphatic rings. The Labute approximate surface area is 377 Å². The third-order valence-corrected chi connectivity index (χ3v) is 10.8. The van der Waals surface area contributed by atoms with Crippen LogP contribution in [0.4, 0.5) is 50.4 Å². The summed E-state index contributed by atoms with van der Waals surface area (Å²) in [7, 11) is -16.8. The minimum atomic E-state index is -4.12. The fraction of sp³-hybridized carbons (Fsp3) is 0.0500. The van der Waals surface area contributed by atoms with Gasteiger partial charge in [0.05, 0.1) is 0 Å². The van der Waals surface area contributed by atoms with Gasteiger partial charge in [-0.15, -0.1) is 0 Å². The van der Waals surface area contributed by atoms with E-state index in [9.17, 15) is 50.4 Å². The van der Waals surface area contributed by atoms with Crippen LogP contribution in [0.1, 0.15) is 11.1 Å². The van der Waals surface area contributed by atoms with Gasteiger partial charge in [-0.2, -0.15) is 50.4 Å². The van der Waals surface area contributed by atoms with Crippen LogP contribution < -0.4 is 21.2 Å². The van der Waals surface area contributed by atoms with Crippen molar-refractivity contribution in [1.82, 2.24) is 0 Å². The van der Waals surface area contributed by atoms with Crippen molar-refractivity contribution in [2.24, 2.45) is 0 Å². The molecule has 2 radical (unpaired) electrons. The van der Waals surface area contributed by atoms with E-state index in [4.69, 9.17) is 0 Å². The van der Waals surface area contributed by atoms with Crippen molar-refractivity contribution in [3.8, 4) is 11.8 Å². The normalized spacial score (nSPS) is 9.33. The van der Waals surface area contributed by atoms with Gasteiger partial charge in [-0.1, -0.05) is 170 Å². The van der Waals surface area contributed by atoms with Gasteiger partial charge in [-0.05, 0) is 74.7 Å². The van der Waals surface area contributed by atoms with Crippen molar-refractivity contribution in [2.75, 3.05) is 13.3 Å². The number of halogens is 12. The molecule has 0 saturated heterocycles. The molecule has 0 aliphatic heterocycles. The van der Waals surface area contributed by atoms with Crippen LogP contribution in [0.3, 0.4) is 0 Å². The predicted molar refractivity (Wildman–Crippen MR) is 230 cm³/mol. The van der Waals surface area contributed by atoms with E-state index in [2.05, 4.69) is 146 Å².